The van der Waals surface area contributed by atoms with E-state index in [4.69, 9.17) is 21.7 Å². The number of thiocarbonyl (C=S) groups is 1. The molecule has 0 aliphatic heterocycles. The lowest BCUT2D eigenvalue weighted by molar-refractivity contribution is 0.414. The van der Waals surface area contributed by atoms with E-state index in [1.54, 1.807) is 19.4 Å². The number of hydrogen-bond acceptors (Lipinski definition) is 4. The van der Waals surface area contributed by atoms with Crippen LogP contribution in [0, 0.1) is 0 Å². The molecule has 4 heteroatoms. The first-order chi connectivity index (χ1) is 8.29. The average Bonchev–Trinajstić information content (AvgIpc) is 2.40. The lowest BCUT2D eigenvalue weighted by atomic mass is 10.2. The monoisotopic (exact) mass is 245 g/mol. The number of aromatic nitrogens is 1. The van der Waals surface area contributed by atoms with Crippen molar-refractivity contribution in [3.63, 3.8) is 0 Å². The van der Waals surface area contributed by atoms with Crippen molar-refractivity contribution in [1.29, 1.82) is 0 Å². The van der Waals surface area contributed by atoms with Crippen molar-refractivity contribution in [1.82, 2.24) is 4.98 Å². The fourth-order valence-corrected chi connectivity index (χ4v) is 1.52. The number of ether oxygens (including phenoxy) is 2. The largest absolute Gasteiger partial charge is 0.497 e. The second-order valence-corrected chi connectivity index (χ2v) is 3.66. The van der Waals surface area contributed by atoms with Crippen molar-refractivity contribution >= 4 is 17.3 Å². The summed E-state index contributed by atoms with van der Waals surface area (Å²) in [6.45, 7) is 0. The van der Waals surface area contributed by atoms with Gasteiger partial charge in [-0.2, -0.15) is 0 Å². The smallest absolute Gasteiger partial charge is 0.220 e. The van der Waals surface area contributed by atoms with Crippen molar-refractivity contribution in [2.45, 2.75) is 0 Å². The van der Waals surface area contributed by atoms with E-state index in [0.717, 1.165) is 11.3 Å². The maximum absolute atomic E-state index is 5.46. The van der Waals surface area contributed by atoms with Crippen LogP contribution in [0.2, 0.25) is 0 Å². The number of rotatable bonds is 3. The highest BCUT2D eigenvalue weighted by molar-refractivity contribution is 7.80. The first-order valence-corrected chi connectivity index (χ1v) is 5.47. The maximum atomic E-state index is 5.46. The molecule has 0 aliphatic rings. The van der Waals surface area contributed by atoms with Crippen LogP contribution in [0.1, 0.15) is 5.56 Å². The minimum absolute atomic E-state index is 0.377. The molecular weight excluding hydrogens is 234 g/mol. The van der Waals surface area contributed by atoms with E-state index in [2.05, 4.69) is 4.98 Å². The van der Waals surface area contributed by atoms with Gasteiger partial charge in [0.05, 0.1) is 7.11 Å². The predicted molar refractivity (Wildman–Crippen MR) is 69.6 cm³/mol. The summed E-state index contributed by atoms with van der Waals surface area (Å²) in [6.07, 6.45) is 1.66. The van der Waals surface area contributed by atoms with Gasteiger partial charge < -0.3 is 9.47 Å². The summed E-state index contributed by atoms with van der Waals surface area (Å²) in [5, 5.41) is 0.377. The molecule has 2 aromatic rings. The molecule has 0 saturated heterocycles. The molecule has 2 rings (SSSR count). The van der Waals surface area contributed by atoms with Gasteiger partial charge in [0, 0.05) is 17.8 Å². The zero-order valence-corrected chi connectivity index (χ0v) is 10.1. The van der Waals surface area contributed by atoms with Gasteiger partial charge in [0.1, 0.15) is 5.75 Å². The number of benzene rings is 1. The Labute approximate surface area is 105 Å². The molecule has 1 aromatic carbocycles. The van der Waals surface area contributed by atoms with E-state index in [1.807, 2.05) is 36.4 Å². The van der Waals surface area contributed by atoms with Crippen LogP contribution < -0.4 is 9.47 Å². The number of nitrogens with zero attached hydrogens (tertiary/aromatic N) is 1. The minimum atomic E-state index is 0.377. The molecule has 0 spiro atoms. The van der Waals surface area contributed by atoms with E-state index >= 15 is 0 Å². The number of pyridine rings is 1. The molecule has 1 aromatic heterocycles. The van der Waals surface area contributed by atoms with Crippen LogP contribution in [0.3, 0.4) is 0 Å². The number of hydrogen-bond donors (Lipinski definition) is 0. The van der Waals surface area contributed by atoms with Gasteiger partial charge in [-0.1, -0.05) is 18.2 Å². The summed E-state index contributed by atoms with van der Waals surface area (Å²) in [5.41, 5.74) is 0.796. The van der Waals surface area contributed by atoms with E-state index in [1.165, 1.54) is 0 Å². The van der Waals surface area contributed by atoms with Gasteiger partial charge in [-0.05, 0) is 30.4 Å². The Morgan fingerprint density at radius 3 is 2.76 bits per heavy atom. The predicted octanol–water partition coefficient (Wildman–Crippen LogP) is 2.84. The highest BCUT2D eigenvalue weighted by atomic mass is 32.1. The molecule has 0 bridgehead atoms. The molecule has 0 unspecified atom stereocenters. The standard InChI is InChI=1S/C13H11NO2S/c1-15-11-6-4-5-10(9-11)13(17)16-12-7-2-3-8-14-12/h2-9H,1H3. The highest BCUT2D eigenvalue weighted by Crippen LogP contribution is 2.15. The third kappa shape index (κ3) is 3.01. The number of methoxy groups -OCH3 is 1. The lowest BCUT2D eigenvalue weighted by Crippen LogP contribution is -2.07. The molecule has 3 nitrogen and oxygen atoms in total. The average molecular weight is 245 g/mol. The Morgan fingerprint density at radius 2 is 2.06 bits per heavy atom. The lowest BCUT2D eigenvalue weighted by Gasteiger charge is -2.07. The van der Waals surface area contributed by atoms with Gasteiger partial charge >= 0.3 is 0 Å². The third-order valence-electron chi connectivity index (χ3n) is 2.14. The molecule has 0 amide bonds. The third-order valence-corrected chi connectivity index (χ3v) is 2.46. The van der Waals surface area contributed by atoms with Gasteiger partial charge in [0.2, 0.25) is 5.88 Å². The van der Waals surface area contributed by atoms with Crippen LogP contribution in [-0.2, 0) is 0 Å². The molecular formula is C13H11NO2S. The van der Waals surface area contributed by atoms with Gasteiger partial charge in [-0.25, -0.2) is 4.98 Å². The molecule has 0 atom stereocenters. The Morgan fingerprint density at radius 1 is 1.18 bits per heavy atom. The second-order valence-electron chi connectivity index (χ2n) is 3.29. The first kappa shape index (κ1) is 11.5. The Bertz CT molecular complexity index is 514. The van der Waals surface area contributed by atoms with Crippen LogP contribution in [0.5, 0.6) is 11.6 Å². The SMILES string of the molecule is COc1cccc(C(=S)Oc2ccccn2)c1. The first-order valence-electron chi connectivity index (χ1n) is 5.07. The van der Waals surface area contributed by atoms with E-state index in [0.29, 0.717) is 10.9 Å². The summed E-state index contributed by atoms with van der Waals surface area (Å²) in [6, 6.07) is 12.8. The molecule has 0 fully saturated rings. The van der Waals surface area contributed by atoms with E-state index in [-0.39, 0.29) is 0 Å². The zero-order valence-electron chi connectivity index (χ0n) is 9.29. The Kier molecular flexibility index (Phi) is 3.67. The molecule has 86 valence electrons. The van der Waals surface area contributed by atoms with Gasteiger partial charge in [-0.15, -0.1) is 0 Å². The normalized spacial score (nSPS) is 9.71. The topological polar surface area (TPSA) is 31.4 Å². The summed E-state index contributed by atoms with van der Waals surface area (Å²) in [7, 11) is 1.61. The van der Waals surface area contributed by atoms with Crippen molar-refractivity contribution in [2.75, 3.05) is 7.11 Å². The summed E-state index contributed by atoms with van der Waals surface area (Å²) in [5.74, 6) is 1.23. The summed E-state index contributed by atoms with van der Waals surface area (Å²) in [4.78, 5) is 4.05. The van der Waals surface area contributed by atoms with Gasteiger partial charge in [-0.3, -0.25) is 0 Å². The van der Waals surface area contributed by atoms with Gasteiger partial charge in [0.15, 0.2) is 5.05 Å². The van der Waals surface area contributed by atoms with Gasteiger partial charge in [0.25, 0.3) is 0 Å². The summed E-state index contributed by atoms with van der Waals surface area (Å²) >= 11 is 5.19. The fourth-order valence-electron chi connectivity index (χ4n) is 1.31. The highest BCUT2D eigenvalue weighted by Gasteiger charge is 2.05. The van der Waals surface area contributed by atoms with Crippen LogP contribution >= 0.6 is 12.2 Å². The molecule has 0 N–H and O–H groups in total. The Balaban J connectivity index is 2.14. The second kappa shape index (κ2) is 5.41. The summed E-state index contributed by atoms with van der Waals surface area (Å²) < 4.78 is 10.6. The minimum Gasteiger partial charge on any atom is -0.497 e. The van der Waals surface area contributed by atoms with Crippen molar-refractivity contribution in [2.24, 2.45) is 0 Å². The van der Waals surface area contributed by atoms with E-state index in [9.17, 15) is 0 Å². The molecule has 0 radical (unpaired) electrons. The van der Waals surface area contributed by atoms with Crippen LogP contribution in [0.25, 0.3) is 0 Å². The van der Waals surface area contributed by atoms with E-state index < -0.39 is 0 Å². The van der Waals surface area contributed by atoms with Crippen molar-refractivity contribution < 1.29 is 9.47 Å². The molecule has 17 heavy (non-hydrogen) atoms. The van der Waals surface area contributed by atoms with Crippen LogP contribution in [-0.4, -0.2) is 17.1 Å². The van der Waals surface area contributed by atoms with Crippen molar-refractivity contribution in [3.8, 4) is 11.6 Å². The molecule has 0 saturated carbocycles. The zero-order chi connectivity index (χ0) is 12.1. The molecule has 1 heterocycles. The quantitative estimate of drug-likeness (QED) is 0.778. The van der Waals surface area contributed by atoms with Crippen LogP contribution in [0.4, 0.5) is 0 Å². The van der Waals surface area contributed by atoms with Crippen molar-refractivity contribution in [3.05, 3.63) is 54.2 Å². The Hall–Kier alpha value is -1.94. The fraction of sp³-hybridized carbons (Fsp3) is 0.0769. The van der Waals surface area contributed by atoms with Crippen LogP contribution in [0.15, 0.2) is 48.7 Å². The maximum Gasteiger partial charge on any atom is 0.220 e. The molecule has 0 aliphatic carbocycles.